The van der Waals surface area contributed by atoms with Crippen LogP contribution < -0.4 is 9.64 Å². The molecular weight excluding hydrogens is 400 g/mol. The van der Waals surface area contributed by atoms with Gasteiger partial charge in [-0.05, 0) is 31.0 Å². The molecule has 0 unspecified atom stereocenters. The van der Waals surface area contributed by atoms with Crippen LogP contribution in [0.4, 0.5) is 5.69 Å². The SMILES string of the molecule is COc1ccccc1N1CCN(C(=O)c2cn3c(n2)CC[C@@H](c2cccc(C)c2)C3)CC1. The first-order chi connectivity index (χ1) is 15.6. The van der Waals surface area contributed by atoms with Gasteiger partial charge in [0.25, 0.3) is 5.91 Å². The van der Waals surface area contributed by atoms with Gasteiger partial charge in [0, 0.05) is 51.3 Å². The molecule has 1 aromatic heterocycles. The summed E-state index contributed by atoms with van der Waals surface area (Å²) < 4.78 is 7.69. The Morgan fingerprint density at radius 3 is 2.66 bits per heavy atom. The van der Waals surface area contributed by atoms with Gasteiger partial charge in [-0.3, -0.25) is 4.79 Å². The van der Waals surface area contributed by atoms with Gasteiger partial charge in [-0.25, -0.2) is 4.98 Å². The molecule has 6 nitrogen and oxygen atoms in total. The van der Waals surface area contributed by atoms with Crippen LogP contribution in [0.2, 0.25) is 0 Å². The molecule has 2 aliphatic rings. The molecule has 0 bridgehead atoms. The zero-order valence-corrected chi connectivity index (χ0v) is 18.8. The maximum Gasteiger partial charge on any atom is 0.274 e. The molecule has 0 spiro atoms. The number of anilines is 1. The van der Waals surface area contributed by atoms with Crippen molar-refractivity contribution in [1.82, 2.24) is 14.5 Å². The second-order valence-corrected chi connectivity index (χ2v) is 8.80. The fourth-order valence-corrected chi connectivity index (χ4v) is 4.95. The van der Waals surface area contributed by atoms with Gasteiger partial charge < -0.3 is 19.1 Å². The van der Waals surface area contributed by atoms with E-state index in [9.17, 15) is 4.79 Å². The zero-order chi connectivity index (χ0) is 22.1. The second-order valence-electron chi connectivity index (χ2n) is 8.80. The van der Waals surface area contributed by atoms with Crippen LogP contribution in [0.3, 0.4) is 0 Å². The quantitative estimate of drug-likeness (QED) is 0.630. The largest absolute Gasteiger partial charge is 0.495 e. The van der Waals surface area contributed by atoms with E-state index in [1.165, 1.54) is 11.1 Å². The van der Waals surface area contributed by atoms with Gasteiger partial charge >= 0.3 is 0 Å². The van der Waals surface area contributed by atoms with Gasteiger partial charge in [-0.1, -0.05) is 42.0 Å². The third-order valence-corrected chi connectivity index (χ3v) is 6.72. The summed E-state index contributed by atoms with van der Waals surface area (Å²) >= 11 is 0. The van der Waals surface area contributed by atoms with Gasteiger partial charge in [0.1, 0.15) is 17.3 Å². The Bertz CT molecular complexity index is 1110. The molecule has 32 heavy (non-hydrogen) atoms. The van der Waals surface area contributed by atoms with E-state index < -0.39 is 0 Å². The number of aryl methyl sites for hydroxylation is 2. The van der Waals surface area contributed by atoms with E-state index in [1.807, 2.05) is 29.3 Å². The van der Waals surface area contributed by atoms with E-state index in [1.54, 1.807) is 7.11 Å². The van der Waals surface area contributed by atoms with E-state index in [0.717, 1.165) is 49.7 Å². The lowest BCUT2D eigenvalue weighted by atomic mass is 9.91. The lowest BCUT2D eigenvalue weighted by Crippen LogP contribution is -2.49. The highest BCUT2D eigenvalue weighted by atomic mass is 16.5. The molecule has 1 saturated heterocycles. The van der Waals surface area contributed by atoms with E-state index >= 15 is 0 Å². The van der Waals surface area contributed by atoms with E-state index in [2.05, 4.69) is 46.7 Å². The molecule has 1 atom stereocenters. The van der Waals surface area contributed by atoms with E-state index in [0.29, 0.717) is 24.7 Å². The number of imidazole rings is 1. The summed E-state index contributed by atoms with van der Waals surface area (Å²) in [6.07, 6.45) is 3.95. The number of rotatable bonds is 4. The monoisotopic (exact) mass is 430 g/mol. The molecule has 5 rings (SSSR count). The second kappa shape index (κ2) is 8.69. The number of piperazine rings is 1. The number of ether oxygens (including phenoxy) is 1. The Balaban J connectivity index is 1.25. The van der Waals surface area contributed by atoms with Crippen LogP contribution in [-0.2, 0) is 13.0 Å². The van der Waals surface area contributed by atoms with E-state index in [4.69, 9.17) is 9.72 Å². The zero-order valence-electron chi connectivity index (χ0n) is 18.8. The first-order valence-corrected chi connectivity index (χ1v) is 11.4. The number of methoxy groups -OCH3 is 1. The van der Waals surface area contributed by atoms with Crippen LogP contribution in [-0.4, -0.2) is 53.6 Å². The minimum atomic E-state index is 0.0404. The van der Waals surface area contributed by atoms with Crippen LogP contribution in [0, 0.1) is 6.92 Å². The van der Waals surface area contributed by atoms with Gasteiger partial charge in [-0.2, -0.15) is 0 Å². The molecule has 166 valence electrons. The summed E-state index contributed by atoms with van der Waals surface area (Å²) in [4.78, 5) is 22.1. The minimum Gasteiger partial charge on any atom is -0.495 e. The predicted molar refractivity (Wildman–Crippen MR) is 126 cm³/mol. The van der Waals surface area contributed by atoms with Crippen molar-refractivity contribution >= 4 is 11.6 Å². The van der Waals surface area contributed by atoms with Crippen molar-refractivity contribution in [3.63, 3.8) is 0 Å². The van der Waals surface area contributed by atoms with Crippen molar-refractivity contribution in [3.8, 4) is 5.75 Å². The molecule has 0 aliphatic carbocycles. The Morgan fingerprint density at radius 1 is 1.06 bits per heavy atom. The van der Waals surface area contributed by atoms with Crippen LogP contribution in [0.15, 0.2) is 54.7 Å². The number of benzene rings is 2. The highest BCUT2D eigenvalue weighted by Gasteiger charge is 2.28. The highest BCUT2D eigenvalue weighted by Crippen LogP contribution is 2.30. The molecule has 3 heterocycles. The van der Waals surface area contributed by atoms with Gasteiger partial charge in [-0.15, -0.1) is 0 Å². The summed E-state index contributed by atoms with van der Waals surface area (Å²) in [5.41, 5.74) is 4.34. The third-order valence-electron chi connectivity index (χ3n) is 6.72. The van der Waals surface area contributed by atoms with Crippen molar-refractivity contribution in [2.45, 2.75) is 32.2 Å². The first kappa shape index (κ1) is 20.6. The fraction of sp³-hybridized carbons (Fsp3) is 0.385. The Morgan fingerprint density at radius 2 is 1.88 bits per heavy atom. The molecule has 0 saturated carbocycles. The molecule has 0 N–H and O–H groups in total. The van der Waals surface area contributed by atoms with Gasteiger partial charge in [0.05, 0.1) is 12.8 Å². The summed E-state index contributed by atoms with van der Waals surface area (Å²) in [5.74, 6) is 2.42. The summed E-state index contributed by atoms with van der Waals surface area (Å²) in [5, 5.41) is 0. The van der Waals surface area contributed by atoms with Crippen LogP contribution >= 0.6 is 0 Å². The summed E-state index contributed by atoms with van der Waals surface area (Å²) in [7, 11) is 1.70. The maximum atomic E-state index is 13.2. The Kier molecular flexibility index (Phi) is 5.60. The smallest absolute Gasteiger partial charge is 0.274 e. The molecule has 1 fully saturated rings. The number of aromatic nitrogens is 2. The number of nitrogens with zero attached hydrogens (tertiary/aromatic N) is 4. The molecule has 6 heteroatoms. The normalized spacial score (nSPS) is 18.4. The lowest BCUT2D eigenvalue weighted by molar-refractivity contribution is 0.0741. The van der Waals surface area contributed by atoms with Gasteiger partial charge in [0.15, 0.2) is 0 Å². The standard InChI is InChI=1S/C26H30N4O2/c1-19-6-5-7-20(16-19)21-10-11-25-27-22(18-30(25)17-21)26(31)29-14-12-28(13-15-29)23-8-3-4-9-24(23)32-2/h3-9,16,18,21H,10-15,17H2,1-2H3/t21-/m1/s1. The van der Waals surface area contributed by atoms with Crippen LogP contribution in [0.25, 0.3) is 0 Å². The molecule has 0 radical (unpaired) electrons. The van der Waals surface area contributed by atoms with Crippen molar-refractivity contribution in [1.29, 1.82) is 0 Å². The van der Waals surface area contributed by atoms with Crippen molar-refractivity contribution in [2.75, 3.05) is 38.2 Å². The minimum absolute atomic E-state index is 0.0404. The number of amides is 1. The summed E-state index contributed by atoms with van der Waals surface area (Å²) in [6.45, 7) is 5.97. The fourth-order valence-electron chi connectivity index (χ4n) is 4.95. The Hall–Kier alpha value is -3.28. The van der Waals surface area contributed by atoms with Crippen molar-refractivity contribution in [2.24, 2.45) is 0 Å². The maximum absolute atomic E-state index is 13.2. The van der Waals surface area contributed by atoms with Crippen LogP contribution in [0.5, 0.6) is 5.75 Å². The average Bonchev–Trinajstić information content (AvgIpc) is 3.27. The average molecular weight is 431 g/mol. The topological polar surface area (TPSA) is 50.6 Å². The number of carbonyl (C=O) groups is 1. The van der Waals surface area contributed by atoms with Crippen molar-refractivity contribution < 1.29 is 9.53 Å². The predicted octanol–water partition coefficient (Wildman–Crippen LogP) is 3.89. The molecule has 2 aliphatic heterocycles. The van der Waals surface area contributed by atoms with Gasteiger partial charge in [0.2, 0.25) is 0 Å². The summed E-state index contributed by atoms with van der Waals surface area (Å²) in [6, 6.07) is 16.8. The third kappa shape index (κ3) is 3.97. The van der Waals surface area contributed by atoms with Crippen molar-refractivity contribution in [3.05, 3.63) is 77.4 Å². The van der Waals surface area contributed by atoms with Crippen LogP contribution in [0.1, 0.15) is 39.8 Å². The molecule has 2 aromatic carbocycles. The highest BCUT2D eigenvalue weighted by molar-refractivity contribution is 5.92. The number of hydrogen-bond donors (Lipinski definition) is 0. The molecule has 3 aromatic rings. The number of carbonyl (C=O) groups excluding carboxylic acids is 1. The first-order valence-electron chi connectivity index (χ1n) is 11.4. The lowest BCUT2D eigenvalue weighted by Gasteiger charge is -2.36. The number of fused-ring (bicyclic) bond motifs is 1. The molecular formula is C26H30N4O2. The number of hydrogen-bond acceptors (Lipinski definition) is 4. The Labute approximate surface area is 189 Å². The number of para-hydroxylation sites is 2. The molecule has 1 amide bonds. The van der Waals surface area contributed by atoms with E-state index in [-0.39, 0.29) is 5.91 Å².